The Labute approximate surface area is 125 Å². The van der Waals surface area contributed by atoms with E-state index in [-0.39, 0.29) is 16.2 Å². The van der Waals surface area contributed by atoms with Crippen LogP contribution in [0.1, 0.15) is 84.6 Å². The van der Waals surface area contributed by atoms with Crippen molar-refractivity contribution in [3.63, 3.8) is 0 Å². The third-order valence-corrected chi connectivity index (χ3v) is 3.73. The van der Waals surface area contributed by atoms with Crippen molar-refractivity contribution in [1.82, 2.24) is 0 Å². The van der Waals surface area contributed by atoms with E-state index < -0.39 is 0 Å². The normalized spacial score (nSPS) is 13.2. The minimum Gasteiger partial charge on any atom is -0.192 e. The van der Waals surface area contributed by atoms with E-state index in [2.05, 4.69) is 80.5 Å². The molecule has 1 aromatic rings. The summed E-state index contributed by atoms with van der Waals surface area (Å²) in [5, 5.41) is 9.67. The Bertz CT molecular complexity index is 502. The minimum atomic E-state index is -0.0215. The van der Waals surface area contributed by atoms with E-state index in [4.69, 9.17) is 0 Å². The topological polar surface area (TPSA) is 23.8 Å². The molecule has 0 unspecified atom stereocenters. The quantitative estimate of drug-likeness (QED) is 0.615. The van der Waals surface area contributed by atoms with Gasteiger partial charge in [0.05, 0.1) is 11.6 Å². The Hall–Kier alpha value is -1.29. The average molecular weight is 271 g/mol. The number of hydrogen-bond acceptors (Lipinski definition) is 1. The molecule has 0 amide bonds. The molecule has 1 heteroatoms. The summed E-state index contributed by atoms with van der Waals surface area (Å²) in [7, 11) is 0. The lowest BCUT2D eigenvalue weighted by molar-refractivity contribution is 0.546. The first-order chi connectivity index (χ1) is 8.78. The van der Waals surface area contributed by atoms with E-state index in [9.17, 15) is 5.26 Å². The molecule has 0 aliphatic rings. The molecule has 0 heterocycles. The molecule has 1 rings (SSSR count). The van der Waals surface area contributed by atoms with Gasteiger partial charge in [-0.1, -0.05) is 74.4 Å². The van der Waals surface area contributed by atoms with Crippen LogP contribution in [0.15, 0.2) is 12.1 Å². The first-order valence-electron chi connectivity index (χ1n) is 7.38. The van der Waals surface area contributed by atoms with Crippen molar-refractivity contribution in [3.8, 4) is 6.07 Å². The van der Waals surface area contributed by atoms with Gasteiger partial charge < -0.3 is 0 Å². The van der Waals surface area contributed by atoms with Crippen molar-refractivity contribution >= 4 is 0 Å². The van der Waals surface area contributed by atoms with Gasteiger partial charge in [0.2, 0.25) is 0 Å². The van der Waals surface area contributed by atoms with E-state index in [0.29, 0.717) is 0 Å². The highest BCUT2D eigenvalue weighted by atomic mass is 14.3. The lowest BCUT2D eigenvalue weighted by Gasteiger charge is -2.31. The summed E-state index contributed by atoms with van der Waals surface area (Å²) < 4.78 is 0. The number of nitrogens with zero attached hydrogens (tertiary/aromatic N) is 1. The summed E-state index contributed by atoms with van der Waals surface area (Å²) in [6, 6.07) is 6.92. The molecule has 0 saturated heterocycles. The molecule has 20 heavy (non-hydrogen) atoms. The van der Waals surface area contributed by atoms with Crippen LogP contribution in [-0.4, -0.2) is 0 Å². The second-order valence-electron chi connectivity index (χ2n) is 8.81. The lowest BCUT2D eigenvalue weighted by Crippen LogP contribution is -2.23. The van der Waals surface area contributed by atoms with E-state index in [1.54, 1.807) is 0 Å². The Morgan fingerprint density at radius 2 is 1.05 bits per heavy atom. The highest BCUT2D eigenvalue weighted by Gasteiger charge is 2.28. The van der Waals surface area contributed by atoms with Gasteiger partial charge in [-0.2, -0.15) is 5.26 Å². The predicted molar refractivity (Wildman–Crippen MR) is 87.3 cm³/mol. The maximum atomic E-state index is 9.67. The summed E-state index contributed by atoms with van der Waals surface area (Å²) in [4.78, 5) is 0. The third-order valence-electron chi connectivity index (χ3n) is 3.73. The highest BCUT2D eigenvalue weighted by molar-refractivity contribution is 5.53. The molecule has 0 aliphatic heterocycles. The average Bonchev–Trinajstić information content (AvgIpc) is 2.23. The van der Waals surface area contributed by atoms with Gasteiger partial charge in [-0.05, 0) is 32.9 Å². The predicted octanol–water partition coefficient (Wildman–Crippen LogP) is 5.45. The van der Waals surface area contributed by atoms with Gasteiger partial charge >= 0.3 is 0 Å². The molecule has 0 aromatic heterocycles. The van der Waals surface area contributed by atoms with Crippen molar-refractivity contribution in [3.05, 3.63) is 34.4 Å². The van der Waals surface area contributed by atoms with E-state index in [1.807, 2.05) is 0 Å². The number of hydrogen-bond donors (Lipinski definition) is 0. The van der Waals surface area contributed by atoms with Crippen molar-refractivity contribution in [1.29, 1.82) is 5.26 Å². The van der Waals surface area contributed by atoms with Gasteiger partial charge in [0.15, 0.2) is 0 Å². The van der Waals surface area contributed by atoms with Gasteiger partial charge in [0.25, 0.3) is 0 Å². The lowest BCUT2D eigenvalue weighted by atomic mass is 9.72. The summed E-state index contributed by atoms with van der Waals surface area (Å²) in [5.41, 5.74) is 4.55. The molecule has 1 aromatic carbocycles. The molecular weight excluding hydrogens is 242 g/mol. The minimum absolute atomic E-state index is 0.0215. The zero-order valence-corrected chi connectivity index (χ0v) is 14.6. The first kappa shape index (κ1) is 16.8. The van der Waals surface area contributed by atoms with Gasteiger partial charge in [0.1, 0.15) is 0 Å². The van der Waals surface area contributed by atoms with E-state index in [1.165, 1.54) is 5.56 Å². The smallest absolute Gasteiger partial charge is 0.0997 e. The van der Waals surface area contributed by atoms with Crippen LogP contribution < -0.4 is 0 Å². The van der Waals surface area contributed by atoms with E-state index in [0.717, 1.165) is 16.7 Å². The fraction of sp³-hybridized carbons (Fsp3) is 0.632. The molecule has 0 N–H and O–H groups in total. The third kappa shape index (κ3) is 3.42. The monoisotopic (exact) mass is 271 g/mol. The van der Waals surface area contributed by atoms with Crippen LogP contribution in [0.3, 0.4) is 0 Å². The van der Waals surface area contributed by atoms with Gasteiger partial charge in [-0.15, -0.1) is 0 Å². The maximum Gasteiger partial charge on any atom is 0.0997 e. The SMILES string of the molecule is CC(C)(C)c1cc(C(C)(C)C)c(C#N)c(C(C)(C)C)c1. The zero-order valence-electron chi connectivity index (χ0n) is 14.6. The molecule has 0 fully saturated rings. The Morgan fingerprint density at radius 1 is 0.700 bits per heavy atom. The van der Waals surface area contributed by atoms with Crippen LogP contribution in [0.4, 0.5) is 0 Å². The number of nitriles is 1. The standard InChI is InChI=1S/C19H29N/c1-17(2,3)13-10-15(18(4,5)6)14(12-20)16(11-13)19(7,8)9/h10-11H,1-9H3. The van der Waals surface area contributed by atoms with Gasteiger partial charge in [-0.25, -0.2) is 0 Å². The largest absolute Gasteiger partial charge is 0.192 e. The molecule has 110 valence electrons. The van der Waals surface area contributed by atoms with E-state index >= 15 is 0 Å². The zero-order chi connectivity index (χ0) is 15.9. The summed E-state index contributed by atoms with van der Waals surface area (Å²) in [5.74, 6) is 0. The molecule has 0 atom stereocenters. The Morgan fingerprint density at radius 3 is 1.25 bits per heavy atom. The fourth-order valence-corrected chi connectivity index (χ4v) is 2.38. The van der Waals surface area contributed by atoms with Crippen molar-refractivity contribution in [2.75, 3.05) is 0 Å². The van der Waals surface area contributed by atoms with Crippen LogP contribution in [-0.2, 0) is 16.2 Å². The molecule has 0 aliphatic carbocycles. The fourth-order valence-electron chi connectivity index (χ4n) is 2.38. The molecule has 0 radical (unpaired) electrons. The van der Waals surface area contributed by atoms with Crippen molar-refractivity contribution < 1.29 is 0 Å². The Balaban J connectivity index is 3.81. The second-order valence-corrected chi connectivity index (χ2v) is 8.81. The maximum absolute atomic E-state index is 9.67. The summed E-state index contributed by atoms with van der Waals surface area (Å²) in [6.07, 6.45) is 0. The second kappa shape index (κ2) is 4.92. The van der Waals surface area contributed by atoms with Crippen LogP contribution >= 0.6 is 0 Å². The molecule has 0 bridgehead atoms. The summed E-state index contributed by atoms with van der Waals surface area (Å²) in [6.45, 7) is 19.8. The van der Waals surface area contributed by atoms with Crippen molar-refractivity contribution in [2.24, 2.45) is 0 Å². The summed E-state index contributed by atoms with van der Waals surface area (Å²) >= 11 is 0. The number of rotatable bonds is 0. The highest BCUT2D eigenvalue weighted by Crippen LogP contribution is 2.37. The first-order valence-corrected chi connectivity index (χ1v) is 7.38. The molecule has 0 saturated carbocycles. The van der Waals surface area contributed by atoms with Crippen LogP contribution in [0, 0.1) is 11.3 Å². The van der Waals surface area contributed by atoms with Gasteiger partial charge in [-0.3, -0.25) is 0 Å². The van der Waals surface area contributed by atoms with Crippen LogP contribution in [0.25, 0.3) is 0 Å². The van der Waals surface area contributed by atoms with Crippen molar-refractivity contribution in [2.45, 2.75) is 78.6 Å². The molecule has 0 spiro atoms. The van der Waals surface area contributed by atoms with Crippen LogP contribution in [0.5, 0.6) is 0 Å². The van der Waals surface area contributed by atoms with Crippen LogP contribution in [0.2, 0.25) is 0 Å². The molecule has 1 nitrogen and oxygen atoms in total. The Kier molecular flexibility index (Phi) is 4.12. The molecular formula is C19H29N. The number of benzene rings is 1. The van der Waals surface area contributed by atoms with Gasteiger partial charge in [0, 0.05) is 0 Å².